The molecule has 0 saturated heterocycles. The van der Waals surface area contributed by atoms with Crippen LogP contribution in [0.5, 0.6) is 0 Å². The summed E-state index contributed by atoms with van der Waals surface area (Å²) in [6.45, 7) is 4.58. The van der Waals surface area contributed by atoms with Crippen LogP contribution in [0.1, 0.15) is 16.7 Å². The number of para-hydroxylation sites is 1. The molecule has 12 aromatic carbocycles. The van der Waals surface area contributed by atoms with Gasteiger partial charge in [-0.2, -0.15) is 0 Å². The van der Waals surface area contributed by atoms with Crippen molar-refractivity contribution in [2.24, 2.45) is 15.7 Å². The Kier molecular flexibility index (Phi) is 9.44. The summed E-state index contributed by atoms with van der Waals surface area (Å²) in [4.78, 5) is 15.8. The van der Waals surface area contributed by atoms with E-state index in [0.717, 1.165) is 82.3 Å². The number of hydrogen-bond acceptors (Lipinski definition) is 2. The van der Waals surface area contributed by atoms with E-state index in [1.165, 1.54) is 43.1 Å². The quantitative estimate of drug-likeness (QED) is 0.103. The number of nitrogens with two attached hydrogens (primary N) is 1. The fourth-order valence-electron chi connectivity index (χ4n) is 10.5. The largest absolute Gasteiger partial charge is 0.383 e. The number of benzene rings is 12. The molecule has 322 valence electrons. The zero-order chi connectivity index (χ0) is 46.0. The number of nitrogens with zero attached hydrogens (tertiary/aromatic N) is 3. The molecule has 0 aliphatic carbocycles. The van der Waals surface area contributed by atoms with Gasteiger partial charge in [0.15, 0.2) is 5.84 Å². The van der Waals surface area contributed by atoms with Crippen LogP contribution in [-0.2, 0) is 0 Å². The molecule has 0 atom stereocenters. The Morgan fingerprint density at radius 3 is 1.35 bits per heavy atom. The molecule has 0 aliphatic rings. The van der Waals surface area contributed by atoms with E-state index in [2.05, 4.69) is 231 Å². The Morgan fingerprint density at radius 1 is 0.362 bits per heavy atom. The van der Waals surface area contributed by atoms with Crippen LogP contribution in [0.2, 0.25) is 0 Å². The van der Waals surface area contributed by atoms with Crippen molar-refractivity contribution in [3.8, 4) is 22.4 Å². The van der Waals surface area contributed by atoms with Gasteiger partial charge in [0.1, 0.15) is 5.84 Å². The zero-order valence-electron chi connectivity index (χ0n) is 37.6. The Labute approximate surface area is 398 Å². The maximum absolute atomic E-state index is 7.11. The Balaban J connectivity index is 0.925. The van der Waals surface area contributed by atoms with Gasteiger partial charge in [-0.05, 0) is 94.0 Å². The first-order chi connectivity index (χ1) is 34.1. The van der Waals surface area contributed by atoms with E-state index < -0.39 is 0 Å². The molecule has 1 heterocycles. The SMILES string of the molecule is C=C(/N=C(\N=C(/N)c1cc2ccccc2c2ccccc12)c1ccc(-c2ccc(-c3nc4ccccc4c4c5ccccc5c5ccccc5c34)cc2)cc1)c1cc2ccccc2c2ccccc12. The third-order valence-corrected chi connectivity index (χ3v) is 13.8. The third-order valence-electron chi connectivity index (χ3n) is 13.8. The van der Waals surface area contributed by atoms with Gasteiger partial charge < -0.3 is 5.73 Å². The second-order valence-electron chi connectivity index (χ2n) is 17.7. The fraction of sp³-hybridized carbons (Fsp3) is 0. The van der Waals surface area contributed by atoms with Gasteiger partial charge in [0.25, 0.3) is 0 Å². The van der Waals surface area contributed by atoms with E-state index in [-0.39, 0.29) is 0 Å². The first-order valence-corrected chi connectivity index (χ1v) is 23.3. The maximum Gasteiger partial charge on any atom is 0.162 e. The predicted molar refractivity (Wildman–Crippen MR) is 294 cm³/mol. The molecular weight excluding hydrogens is 837 g/mol. The van der Waals surface area contributed by atoms with Gasteiger partial charge >= 0.3 is 0 Å². The molecule has 4 heteroatoms. The van der Waals surface area contributed by atoms with Crippen molar-refractivity contribution >= 4 is 104 Å². The van der Waals surface area contributed by atoms with Gasteiger partial charge in [-0.15, -0.1) is 0 Å². The Bertz CT molecular complexity index is 4320. The van der Waals surface area contributed by atoms with Gasteiger partial charge in [-0.1, -0.05) is 219 Å². The average Bonchev–Trinajstić information content (AvgIpc) is 3.42. The second-order valence-corrected chi connectivity index (χ2v) is 17.7. The van der Waals surface area contributed by atoms with Crippen LogP contribution in [0.25, 0.3) is 114 Å². The normalized spacial score (nSPS) is 12.3. The summed E-state index contributed by atoms with van der Waals surface area (Å²) >= 11 is 0. The number of pyridine rings is 1. The molecule has 13 aromatic rings. The van der Waals surface area contributed by atoms with Crippen LogP contribution in [0.3, 0.4) is 0 Å². The summed E-state index contributed by atoms with van der Waals surface area (Å²) in [5, 5.41) is 17.4. The molecule has 4 nitrogen and oxygen atoms in total. The average molecular weight is 879 g/mol. The predicted octanol–water partition coefficient (Wildman–Crippen LogP) is 16.5. The van der Waals surface area contributed by atoms with E-state index >= 15 is 0 Å². The highest BCUT2D eigenvalue weighted by atomic mass is 15.0. The molecule has 2 N–H and O–H groups in total. The molecule has 0 radical (unpaired) electrons. The number of fused-ring (bicyclic) bond motifs is 14. The van der Waals surface area contributed by atoms with Crippen LogP contribution in [0, 0.1) is 0 Å². The standard InChI is InChI=1S/C65H42N4/c1-40(58-38-45-16-2-4-18-47(45)49-20-6-8-24-53(49)58)67-65(69-64(66)59-39-46-17-3-5-19-48(46)50-21-7-9-25-54(50)59)44-36-32-42(33-37-44)41-30-34-43(35-31-41)63-62-56-27-13-11-23-52(56)51-22-10-12-26-55(51)61(62)57-28-14-15-29-60(57)68-63/h2-39H,1H2,(H2,66,67,69). The number of aliphatic imine (C=N–C) groups is 2. The lowest BCUT2D eigenvalue weighted by Gasteiger charge is -2.16. The van der Waals surface area contributed by atoms with Gasteiger partial charge in [0.05, 0.1) is 16.9 Å². The van der Waals surface area contributed by atoms with E-state index in [1.807, 2.05) is 6.07 Å². The summed E-state index contributed by atoms with van der Waals surface area (Å²) in [6, 6.07) is 81.2. The lowest BCUT2D eigenvalue weighted by molar-refractivity contribution is 1.43. The molecule has 69 heavy (non-hydrogen) atoms. The maximum atomic E-state index is 7.11. The van der Waals surface area contributed by atoms with Crippen molar-refractivity contribution in [3.05, 3.63) is 254 Å². The molecule has 0 fully saturated rings. The molecule has 0 bridgehead atoms. The third kappa shape index (κ3) is 6.72. The topological polar surface area (TPSA) is 63.6 Å². The van der Waals surface area contributed by atoms with Gasteiger partial charge in [-0.3, -0.25) is 0 Å². The zero-order valence-corrected chi connectivity index (χ0v) is 37.6. The van der Waals surface area contributed by atoms with Crippen LogP contribution in [0.15, 0.2) is 247 Å². The minimum absolute atomic E-state index is 0.377. The number of amidine groups is 2. The van der Waals surface area contributed by atoms with Crippen molar-refractivity contribution in [1.82, 2.24) is 4.98 Å². The number of rotatable bonds is 6. The van der Waals surface area contributed by atoms with E-state index in [1.54, 1.807) is 0 Å². The number of aromatic nitrogens is 1. The van der Waals surface area contributed by atoms with Crippen molar-refractivity contribution in [3.63, 3.8) is 0 Å². The summed E-state index contributed by atoms with van der Waals surface area (Å²) in [7, 11) is 0. The molecule has 0 unspecified atom stereocenters. The lowest BCUT2D eigenvalue weighted by Crippen LogP contribution is -2.17. The van der Waals surface area contributed by atoms with E-state index in [0.29, 0.717) is 17.4 Å². The highest BCUT2D eigenvalue weighted by Crippen LogP contribution is 2.43. The van der Waals surface area contributed by atoms with Gasteiger partial charge in [0.2, 0.25) is 0 Å². The molecule has 0 aliphatic heterocycles. The van der Waals surface area contributed by atoms with E-state index in [9.17, 15) is 0 Å². The highest BCUT2D eigenvalue weighted by Gasteiger charge is 2.19. The second kappa shape index (κ2) is 16.3. The highest BCUT2D eigenvalue weighted by molar-refractivity contribution is 6.33. The first kappa shape index (κ1) is 40.1. The Morgan fingerprint density at radius 2 is 0.768 bits per heavy atom. The summed E-state index contributed by atoms with van der Waals surface area (Å²) in [5.74, 6) is 0.852. The molecular formula is C65H42N4. The summed E-state index contributed by atoms with van der Waals surface area (Å²) in [6.07, 6.45) is 0. The van der Waals surface area contributed by atoms with E-state index in [4.69, 9.17) is 20.7 Å². The van der Waals surface area contributed by atoms with Crippen LogP contribution >= 0.6 is 0 Å². The monoisotopic (exact) mass is 878 g/mol. The minimum Gasteiger partial charge on any atom is -0.383 e. The van der Waals surface area contributed by atoms with Gasteiger partial charge in [-0.25, -0.2) is 15.0 Å². The van der Waals surface area contributed by atoms with Crippen LogP contribution < -0.4 is 5.73 Å². The molecule has 0 spiro atoms. The fourth-order valence-corrected chi connectivity index (χ4v) is 10.5. The minimum atomic E-state index is 0.377. The summed E-state index contributed by atoms with van der Waals surface area (Å²) in [5.41, 5.74) is 15.5. The van der Waals surface area contributed by atoms with Crippen LogP contribution in [0.4, 0.5) is 0 Å². The van der Waals surface area contributed by atoms with Gasteiger partial charge in [0, 0.05) is 38.4 Å². The molecule has 0 amide bonds. The van der Waals surface area contributed by atoms with Crippen molar-refractivity contribution in [2.75, 3.05) is 0 Å². The lowest BCUT2D eigenvalue weighted by atomic mass is 9.89. The molecule has 1 aromatic heterocycles. The van der Waals surface area contributed by atoms with Crippen molar-refractivity contribution in [1.29, 1.82) is 0 Å². The smallest absolute Gasteiger partial charge is 0.162 e. The number of hydrogen-bond donors (Lipinski definition) is 1. The van der Waals surface area contributed by atoms with Crippen molar-refractivity contribution in [2.45, 2.75) is 0 Å². The summed E-state index contributed by atoms with van der Waals surface area (Å²) < 4.78 is 0. The molecule has 13 rings (SSSR count). The first-order valence-electron chi connectivity index (χ1n) is 23.3. The Hall–Kier alpha value is -9.25. The van der Waals surface area contributed by atoms with Crippen molar-refractivity contribution < 1.29 is 0 Å². The molecule has 0 saturated carbocycles. The van der Waals surface area contributed by atoms with Crippen LogP contribution in [-0.4, -0.2) is 16.7 Å².